The molecule has 0 N–H and O–H groups in total. The summed E-state index contributed by atoms with van der Waals surface area (Å²) < 4.78 is 4.84. The minimum atomic E-state index is -0.615. The van der Waals surface area contributed by atoms with Gasteiger partial charge in [-0.2, -0.15) is 0 Å². The Kier molecular flexibility index (Phi) is 3.17. The number of nitrogens with zero attached hydrogens (tertiary/aromatic N) is 1. The number of methoxy groups -OCH3 is 1. The lowest BCUT2D eigenvalue weighted by atomic mass is 10.1. The zero-order valence-corrected chi connectivity index (χ0v) is 8.10. The molecule has 0 unspecified atom stereocenters. The monoisotopic (exact) mass is 207 g/mol. The smallest absolute Gasteiger partial charge is 0.280 e. The van der Waals surface area contributed by atoms with Gasteiger partial charge in [-0.25, -0.2) is 0 Å². The lowest BCUT2D eigenvalue weighted by Crippen LogP contribution is -1.96. The first-order valence-corrected chi connectivity index (χ1v) is 4.07. The molecule has 5 heteroatoms. The van der Waals surface area contributed by atoms with Crippen molar-refractivity contribution in [1.29, 1.82) is 0 Å². The van der Waals surface area contributed by atoms with Gasteiger partial charge in [0.1, 0.15) is 5.76 Å². The number of benzene rings is 1. The molecule has 5 nitrogen and oxygen atoms in total. The molecule has 0 saturated heterocycles. The highest BCUT2D eigenvalue weighted by Crippen LogP contribution is 2.22. The molecule has 1 aromatic rings. The summed E-state index contributed by atoms with van der Waals surface area (Å²) in [5, 5.41) is 10.6. The zero-order valence-electron chi connectivity index (χ0n) is 8.10. The minimum absolute atomic E-state index is 0.0349. The molecule has 0 fully saturated rings. The van der Waals surface area contributed by atoms with Crippen LogP contribution in [-0.4, -0.2) is 18.3 Å². The lowest BCUT2D eigenvalue weighted by molar-refractivity contribution is -0.385. The number of aldehydes is 1. The van der Waals surface area contributed by atoms with E-state index in [1.165, 1.54) is 19.2 Å². The lowest BCUT2D eigenvalue weighted by Gasteiger charge is -2.04. The highest BCUT2D eigenvalue weighted by molar-refractivity contribution is 5.82. The van der Waals surface area contributed by atoms with Crippen LogP contribution in [0.1, 0.15) is 15.9 Å². The van der Waals surface area contributed by atoms with E-state index in [1.54, 1.807) is 6.07 Å². The minimum Gasteiger partial charge on any atom is -0.497 e. The van der Waals surface area contributed by atoms with Gasteiger partial charge in [0, 0.05) is 11.6 Å². The van der Waals surface area contributed by atoms with Gasteiger partial charge in [0.05, 0.1) is 17.6 Å². The molecule has 0 aliphatic rings. The van der Waals surface area contributed by atoms with Gasteiger partial charge in [0.2, 0.25) is 0 Å². The maximum absolute atomic E-state index is 10.6. The second kappa shape index (κ2) is 4.36. The molecule has 78 valence electrons. The molecule has 0 aromatic heterocycles. The highest BCUT2D eigenvalue weighted by atomic mass is 16.6. The van der Waals surface area contributed by atoms with E-state index < -0.39 is 4.92 Å². The van der Waals surface area contributed by atoms with Gasteiger partial charge in [0.25, 0.3) is 5.69 Å². The number of nitro groups is 1. The van der Waals surface area contributed by atoms with E-state index >= 15 is 0 Å². The first kappa shape index (κ1) is 10.9. The van der Waals surface area contributed by atoms with Crippen LogP contribution in [0.2, 0.25) is 0 Å². The fourth-order valence-electron chi connectivity index (χ4n) is 1.09. The third-order valence-corrected chi connectivity index (χ3v) is 1.92. The molecular formula is C10H9NO4. The average Bonchev–Trinajstić information content (AvgIpc) is 2.27. The van der Waals surface area contributed by atoms with Crippen LogP contribution in [0.25, 0.3) is 5.76 Å². The molecule has 0 atom stereocenters. The fourth-order valence-corrected chi connectivity index (χ4v) is 1.09. The zero-order chi connectivity index (χ0) is 11.4. The van der Waals surface area contributed by atoms with Crippen LogP contribution < -0.4 is 0 Å². The van der Waals surface area contributed by atoms with Crippen molar-refractivity contribution in [2.45, 2.75) is 0 Å². The summed E-state index contributed by atoms with van der Waals surface area (Å²) in [5.74, 6) is 0.315. The molecule has 0 amide bonds. The van der Waals surface area contributed by atoms with Crippen molar-refractivity contribution in [3.8, 4) is 0 Å². The van der Waals surface area contributed by atoms with Crippen LogP contribution in [0, 0.1) is 10.1 Å². The second-order valence-corrected chi connectivity index (χ2v) is 2.78. The van der Waals surface area contributed by atoms with Crippen molar-refractivity contribution in [2.75, 3.05) is 7.11 Å². The number of ether oxygens (including phenoxy) is 1. The van der Waals surface area contributed by atoms with Crippen LogP contribution in [0.3, 0.4) is 0 Å². The Hall–Kier alpha value is -2.17. The summed E-state index contributed by atoms with van der Waals surface area (Å²) in [6, 6.07) is 4.17. The summed E-state index contributed by atoms with van der Waals surface area (Å²) in [6.07, 6.45) is 0.442. The van der Waals surface area contributed by atoms with E-state index in [9.17, 15) is 14.9 Å². The summed E-state index contributed by atoms with van der Waals surface area (Å²) in [7, 11) is 1.42. The standard InChI is InChI=1S/C10H9NO4/c1-7(15-2)8-3-4-9(6-12)10(5-8)11(13)14/h3-6H,1H2,2H3. The molecule has 15 heavy (non-hydrogen) atoms. The first-order chi connectivity index (χ1) is 7.10. The van der Waals surface area contributed by atoms with Gasteiger partial charge in [-0.15, -0.1) is 0 Å². The van der Waals surface area contributed by atoms with Crippen molar-refractivity contribution >= 4 is 17.7 Å². The van der Waals surface area contributed by atoms with E-state index in [-0.39, 0.29) is 11.3 Å². The third-order valence-electron chi connectivity index (χ3n) is 1.92. The van der Waals surface area contributed by atoms with Gasteiger partial charge >= 0.3 is 0 Å². The topological polar surface area (TPSA) is 69.4 Å². The fraction of sp³-hybridized carbons (Fsp3) is 0.100. The van der Waals surface area contributed by atoms with E-state index in [0.29, 0.717) is 17.6 Å². The van der Waals surface area contributed by atoms with Crippen molar-refractivity contribution in [1.82, 2.24) is 0 Å². The number of rotatable bonds is 4. The van der Waals surface area contributed by atoms with E-state index in [1.807, 2.05) is 0 Å². The van der Waals surface area contributed by atoms with Crippen LogP contribution in [0.15, 0.2) is 24.8 Å². The van der Waals surface area contributed by atoms with Crippen molar-refractivity contribution in [2.24, 2.45) is 0 Å². The summed E-state index contributed by atoms with van der Waals surface area (Å²) >= 11 is 0. The predicted molar refractivity (Wildman–Crippen MR) is 54.5 cm³/mol. The Balaban J connectivity index is 3.27. The molecule has 0 aliphatic carbocycles. The van der Waals surface area contributed by atoms with E-state index in [4.69, 9.17) is 4.74 Å². The van der Waals surface area contributed by atoms with Crippen LogP contribution in [-0.2, 0) is 4.74 Å². The first-order valence-electron chi connectivity index (χ1n) is 4.07. The molecular weight excluding hydrogens is 198 g/mol. The molecule has 0 bridgehead atoms. The van der Waals surface area contributed by atoms with Gasteiger partial charge in [-0.05, 0) is 6.07 Å². The molecule has 1 rings (SSSR count). The second-order valence-electron chi connectivity index (χ2n) is 2.78. The maximum atomic E-state index is 10.6. The maximum Gasteiger partial charge on any atom is 0.280 e. The van der Waals surface area contributed by atoms with E-state index in [0.717, 1.165) is 0 Å². The van der Waals surface area contributed by atoms with Gasteiger partial charge in [-0.1, -0.05) is 12.6 Å². The molecule has 0 aliphatic heterocycles. The SMILES string of the molecule is C=C(OC)c1ccc(C=O)c([N+](=O)[O-])c1. The van der Waals surface area contributed by atoms with Crippen molar-refractivity contribution < 1.29 is 14.5 Å². The number of carbonyl (C=O) groups is 1. The Labute approximate surface area is 86.1 Å². The average molecular weight is 207 g/mol. The number of hydrogen-bond acceptors (Lipinski definition) is 4. The molecule has 0 spiro atoms. The normalized spacial score (nSPS) is 9.40. The third kappa shape index (κ3) is 2.19. The molecule has 0 saturated carbocycles. The summed E-state index contributed by atoms with van der Waals surface area (Å²) in [6.45, 7) is 3.57. The Morgan fingerprint density at radius 1 is 1.60 bits per heavy atom. The van der Waals surface area contributed by atoms with Gasteiger partial charge < -0.3 is 4.74 Å². The molecule has 0 radical (unpaired) electrons. The van der Waals surface area contributed by atoms with Gasteiger partial charge in [-0.3, -0.25) is 14.9 Å². The number of hydrogen-bond donors (Lipinski definition) is 0. The van der Waals surface area contributed by atoms with E-state index in [2.05, 4.69) is 6.58 Å². The Morgan fingerprint density at radius 2 is 2.27 bits per heavy atom. The Bertz CT molecular complexity index is 425. The largest absolute Gasteiger partial charge is 0.497 e. The number of carbonyl (C=O) groups excluding carboxylic acids is 1. The van der Waals surface area contributed by atoms with Gasteiger partial charge in [0.15, 0.2) is 6.29 Å². The predicted octanol–water partition coefficient (Wildman–Crippen LogP) is 2.02. The van der Waals surface area contributed by atoms with Crippen molar-refractivity contribution in [3.63, 3.8) is 0 Å². The number of nitro benzene ring substituents is 1. The molecule has 1 aromatic carbocycles. The summed E-state index contributed by atoms with van der Waals surface area (Å²) in [4.78, 5) is 20.5. The Morgan fingerprint density at radius 3 is 2.73 bits per heavy atom. The van der Waals surface area contributed by atoms with Crippen molar-refractivity contribution in [3.05, 3.63) is 46.0 Å². The highest BCUT2D eigenvalue weighted by Gasteiger charge is 2.14. The van der Waals surface area contributed by atoms with Crippen LogP contribution >= 0.6 is 0 Å². The molecule has 0 heterocycles. The van der Waals surface area contributed by atoms with Crippen LogP contribution in [0.4, 0.5) is 5.69 Å². The summed E-state index contributed by atoms with van der Waals surface area (Å²) in [5.41, 5.74) is 0.267. The van der Waals surface area contributed by atoms with Crippen LogP contribution in [0.5, 0.6) is 0 Å². The quantitative estimate of drug-likeness (QED) is 0.328.